The average Bonchev–Trinajstić information content (AvgIpc) is 2.86. The molecule has 0 fully saturated rings. The lowest BCUT2D eigenvalue weighted by molar-refractivity contribution is 0.0697. The molecular weight excluding hydrogens is 310 g/mol. The molecule has 1 aromatic heterocycles. The molecule has 2 heterocycles. The molecule has 7 heteroatoms. The van der Waals surface area contributed by atoms with Crippen LogP contribution in [0.15, 0.2) is 22.7 Å². The van der Waals surface area contributed by atoms with E-state index in [4.69, 9.17) is 9.26 Å². The van der Waals surface area contributed by atoms with E-state index in [2.05, 4.69) is 24.0 Å². The highest BCUT2D eigenvalue weighted by Gasteiger charge is 2.20. The quantitative estimate of drug-likeness (QED) is 0.900. The number of carboxylic acids is 1. The summed E-state index contributed by atoms with van der Waals surface area (Å²) >= 11 is 0. The van der Waals surface area contributed by atoms with Gasteiger partial charge in [-0.05, 0) is 18.1 Å². The molecule has 1 aromatic carbocycles. The topological polar surface area (TPSA) is 88.7 Å². The third kappa shape index (κ3) is 3.73. The van der Waals surface area contributed by atoms with Crippen molar-refractivity contribution in [3.8, 4) is 0 Å². The molecule has 0 atom stereocenters. The molecule has 3 rings (SSSR count). The largest absolute Gasteiger partial charge is 0.478 e. The van der Waals surface area contributed by atoms with E-state index in [9.17, 15) is 9.90 Å². The first-order chi connectivity index (χ1) is 11.5. The number of nitrogens with zero attached hydrogens (tertiary/aromatic N) is 3. The standard InChI is InChI=1S/C17H21N3O4/c1-11(2)7-16-18-15(19-24-16)9-20-5-6-23-10-13-4-3-12(17(21)22)8-14(13)20/h3-4,8,11H,5-7,9-10H2,1-2H3,(H,21,22). The molecule has 0 aliphatic carbocycles. The van der Waals surface area contributed by atoms with Gasteiger partial charge in [-0.25, -0.2) is 4.79 Å². The molecule has 1 aliphatic heterocycles. The predicted octanol–water partition coefficient (Wildman–Crippen LogP) is 2.50. The van der Waals surface area contributed by atoms with Gasteiger partial charge < -0.3 is 19.3 Å². The van der Waals surface area contributed by atoms with Gasteiger partial charge in [0.2, 0.25) is 5.89 Å². The van der Waals surface area contributed by atoms with E-state index in [1.165, 1.54) is 0 Å². The van der Waals surface area contributed by atoms with Crippen LogP contribution in [-0.4, -0.2) is 34.4 Å². The van der Waals surface area contributed by atoms with Crippen LogP contribution in [0.2, 0.25) is 0 Å². The Labute approximate surface area is 140 Å². The molecule has 0 saturated heterocycles. The number of carbonyl (C=O) groups is 1. The van der Waals surface area contributed by atoms with Gasteiger partial charge in [0, 0.05) is 24.2 Å². The van der Waals surface area contributed by atoms with Crippen LogP contribution in [0.5, 0.6) is 0 Å². The maximum Gasteiger partial charge on any atom is 0.335 e. The summed E-state index contributed by atoms with van der Waals surface area (Å²) in [6, 6.07) is 5.09. The summed E-state index contributed by atoms with van der Waals surface area (Å²) in [5.41, 5.74) is 2.07. The number of fused-ring (bicyclic) bond motifs is 1. The van der Waals surface area contributed by atoms with Crippen molar-refractivity contribution in [2.75, 3.05) is 18.1 Å². The highest BCUT2D eigenvalue weighted by Crippen LogP contribution is 2.27. The van der Waals surface area contributed by atoms with E-state index in [-0.39, 0.29) is 5.56 Å². The molecule has 0 saturated carbocycles. The van der Waals surface area contributed by atoms with Gasteiger partial charge in [0.05, 0.1) is 25.3 Å². The van der Waals surface area contributed by atoms with E-state index < -0.39 is 5.97 Å². The van der Waals surface area contributed by atoms with E-state index in [1.54, 1.807) is 18.2 Å². The maximum absolute atomic E-state index is 11.3. The molecule has 0 bridgehead atoms. The molecule has 1 N–H and O–H groups in total. The fourth-order valence-electron chi connectivity index (χ4n) is 2.71. The van der Waals surface area contributed by atoms with Crippen molar-refractivity contribution >= 4 is 11.7 Å². The van der Waals surface area contributed by atoms with Gasteiger partial charge in [-0.1, -0.05) is 25.1 Å². The van der Waals surface area contributed by atoms with Crippen molar-refractivity contribution in [2.24, 2.45) is 5.92 Å². The van der Waals surface area contributed by atoms with E-state index in [0.717, 1.165) is 17.7 Å². The number of anilines is 1. The zero-order chi connectivity index (χ0) is 17.1. The fraction of sp³-hybridized carbons (Fsp3) is 0.471. The Balaban J connectivity index is 1.84. The van der Waals surface area contributed by atoms with Gasteiger partial charge in [0.1, 0.15) is 0 Å². The Morgan fingerprint density at radius 3 is 3.00 bits per heavy atom. The van der Waals surface area contributed by atoms with E-state index in [1.807, 2.05) is 4.90 Å². The summed E-state index contributed by atoms with van der Waals surface area (Å²) in [5, 5.41) is 13.3. The lowest BCUT2D eigenvalue weighted by atomic mass is 10.1. The zero-order valence-electron chi connectivity index (χ0n) is 13.9. The van der Waals surface area contributed by atoms with Crippen LogP contribution in [0.25, 0.3) is 0 Å². The summed E-state index contributed by atoms with van der Waals surface area (Å²) in [6.45, 7) is 6.33. The first-order valence-corrected chi connectivity index (χ1v) is 8.03. The smallest absolute Gasteiger partial charge is 0.335 e. The summed E-state index contributed by atoms with van der Waals surface area (Å²) in [5.74, 6) is 0.732. The lowest BCUT2D eigenvalue weighted by Crippen LogP contribution is -2.26. The molecule has 0 unspecified atom stereocenters. The molecule has 24 heavy (non-hydrogen) atoms. The summed E-state index contributed by atoms with van der Waals surface area (Å²) in [7, 11) is 0. The minimum Gasteiger partial charge on any atom is -0.478 e. The highest BCUT2D eigenvalue weighted by molar-refractivity contribution is 5.89. The monoisotopic (exact) mass is 331 g/mol. The van der Waals surface area contributed by atoms with Gasteiger partial charge in [0.25, 0.3) is 0 Å². The Bertz CT molecular complexity index is 726. The molecule has 0 amide bonds. The minimum atomic E-state index is -0.943. The number of benzene rings is 1. The number of aromatic nitrogens is 2. The van der Waals surface area contributed by atoms with Gasteiger partial charge >= 0.3 is 5.97 Å². The van der Waals surface area contributed by atoms with Crippen molar-refractivity contribution in [1.29, 1.82) is 0 Å². The maximum atomic E-state index is 11.3. The van der Waals surface area contributed by atoms with Crippen molar-refractivity contribution in [2.45, 2.75) is 33.4 Å². The molecule has 1 aliphatic rings. The normalized spacial score (nSPS) is 14.5. The first-order valence-electron chi connectivity index (χ1n) is 8.03. The van der Waals surface area contributed by atoms with Crippen LogP contribution in [0, 0.1) is 5.92 Å². The molecule has 128 valence electrons. The van der Waals surface area contributed by atoms with Gasteiger partial charge in [-0.3, -0.25) is 0 Å². The molecule has 7 nitrogen and oxygen atoms in total. The predicted molar refractivity (Wildman–Crippen MR) is 86.9 cm³/mol. The second-order valence-corrected chi connectivity index (χ2v) is 6.33. The van der Waals surface area contributed by atoms with Crippen molar-refractivity contribution in [3.05, 3.63) is 41.0 Å². The lowest BCUT2D eigenvalue weighted by Gasteiger charge is -2.22. The summed E-state index contributed by atoms with van der Waals surface area (Å²) in [6.07, 6.45) is 0.746. The van der Waals surface area contributed by atoms with Gasteiger partial charge in [0.15, 0.2) is 5.82 Å². The second-order valence-electron chi connectivity index (χ2n) is 6.33. The number of carboxylic acid groups (broad SMARTS) is 1. The van der Waals surface area contributed by atoms with Crippen LogP contribution in [0.3, 0.4) is 0 Å². The van der Waals surface area contributed by atoms with E-state index >= 15 is 0 Å². The first kappa shape index (κ1) is 16.4. The molecule has 0 spiro atoms. The number of rotatable bonds is 5. The van der Waals surface area contributed by atoms with Crippen LogP contribution in [0.1, 0.15) is 41.5 Å². The van der Waals surface area contributed by atoms with E-state index in [0.29, 0.717) is 43.9 Å². The number of ether oxygens (including phenoxy) is 1. The third-order valence-corrected chi connectivity index (χ3v) is 3.86. The number of hydrogen-bond donors (Lipinski definition) is 1. The fourth-order valence-corrected chi connectivity index (χ4v) is 2.71. The Morgan fingerprint density at radius 2 is 2.25 bits per heavy atom. The van der Waals surface area contributed by atoms with Crippen LogP contribution >= 0.6 is 0 Å². The number of aromatic carboxylic acids is 1. The van der Waals surface area contributed by atoms with Crippen molar-refractivity contribution in [1.82, 2.24) is 10.1 Å². The Hall–Kier alpha value is -2.41. The second kappa shape index (κ2) is 7.00. The summed E-state index contributed by atoms with van der Waals surface area (Å²) in [4.78, 5) is 17.7. The molecular formula is C17H21N3O4. The van der Waals surface area contributed by atoms with Crippen molar-refractivity contribution in [3.63, 3.8) is 0 Å². The molecule has 2 aromatic rings. The number of hydrogen-bond acceptors (Lipinski definition) is 6. The van der Waals surface area contributed by atoms with Crippen LogP contribution in [0.4, 0.5) is 5.69 Å². The molecule has 0 radical (unpaired) electrons. The van der Waals surface area contributed by atoms with Crippen LogP contribution < -0.4 is 4.90 Å². The summed E-state index contributed by atoms with van der Waals surface area (Å²) < 4.78 is 10.9. The van der Waals surface area contributed by atoms with Crippen molar-refractivity contribution < 1.29 is 19.2 Å². The zero-order valence-corrected chi connectivity index (χ0v) is 13.9. The third-order valence-electron chi connectivity index (χ3n) is 3.86. The average molecular weight is 331 g/mol. The SMILES string of the molecule is CC(C)Cc1nc(CN2CCOCc3ccc(C(=O)O)cc32)no1. The van der Waals surface area contributed by atoms with Crippen LogP contribution in [-0.2, 0) is 24.3 Å². The Morgan fingerprint density at radius 1 is 1.42 bits per heavy atom. The van der Waals surface area contributed by atoms with Gasteiger partial charge in [-0.15, -0.1) is 0 Å². The Kier molecular flexibility index (Phi) is 4.80. The van der Waals surface area contributed by atoms with Gasteiger partial charge in [-0.2, -0.15) is 4.98 Å². The highest BCUT2D eigenvalue weighted by atomic mass is 16.5. The minimum absolute atomic E-state index is 0.259.